The second-order valence-corrected chi connectivity index (χ2v) is 8.29. The zero-order valence-corrected chi connectivity index (χ0v) is 16.3. The standard InChI is InChI=1S/C22H25N3OS/c26-22(12-15-27-19-6-2-1-3-7-19)24-13-10-18(11-14-24)16-25-17-23-20-8-4-5-9-21(20)25/h1-9,17-18H,10-16H2. The van der Waals surface area contributed by atoms with Gasteiger partial charge >= 0.3 is 0 Å². The number of carbonyl (C=O) groups is 1. The molecule has 5 heteroatoms. The molecule has 0 bridgehead atoms. The van der Waals surface area contributed by atoms with Gasteiger partial charge < -0.3 is 9.47 Å². The Balaban J connectivity index is 1.23. The molecule has 3 aromatic rings. The molecule has 2 heterocycles. The van der Waals surface area contributed by atoms with E-state index in [1.165, 1.54) is 10.4 Å². The zero-order chi connectivity index (χ0) is 18.5. The van der Waals surface area contributed by atoms with Crippen molar-refractivity contribution in [1.82, 2.24) is 14.5 Å². The van der Waals surface area contributed by atoms with Crippen LogP contribution in [0.1, 0.15) is 19.3 Å². The molecule has 140 valence electrons. The van der Waals surface area contributed by atoms with E-state index in [1.807, 2.05) is 35.5 Å². The largest absolute Gasteiger partial charge is 0.343 e. The molecule has 1 fully saturated rings. The molecule has 2 aromatic carbocycles. The number of hydrogen-bond donors (Lipinski definition) is 0. The van der Waals surface area contributed by atoms with E-state index < -0.39 is 0 Å². The second kappa shape index (κ2) is 8.61. The summed E-state index contributed by atoms with van der Waals surface area (Å²) in [6.45, 7) is 2.75. The number of para-hydroxylation sites is 2. The normalized spacial score (nSPS) is 15.3. The van der Waals surface area contributed by atoms with Crippen LogP contribution in [0.15, 0.2) is 65.8 Å². The predicted octanol–water partition coefficient (Wildman–Crippen LogP) is 4.46. The highest BCUT2D eigenvalue weighted by molar-refractivity contribution is 7.99. The number of aromatic nitrogens is 2. The summed E-state index contributed by atoms with van der Waals surface area (Å²) in [5, 5.41) is 0. The van der Waals surface area contributed by atoms with Crippen molar-refractivity contribution in [2.45, 2.75) is 30.7 Å². The van der Waals surface area contributed by atoms with E-state index in [0.717, 1.165) is 43.7 Å². The fourth-order valence-electron chi connectivity index (χ4n) is 3.73. The Bertz CT molecular complexity index is 885. The molecule has 1 aromatic heterocycles. The maximum absolute atomic E-state index is 12.5. The van der Waals surface area contributed by atoms with Crippen LogP contribution in [0.3, 0.4) is 0 Å². The number of benzene rings is 2. The van der Waals surface area contributed by atoms with Crippen LogP contribution in [0.2, 0.25) is 0 Å². The summed E-state index contributed by atoms with van der Waals surface area (Å²) < 4.78 is 2.26. The smallest absolute Gasteiger partial charge is 0.223 e. The highest BCUT2D eigenvalue weighted by atomic mass is 32.2. The van der Waals surface area contributed by atoms with E-state index >= 15 is 0 Å². The number of rotatable bonds is 6. The van der Waals surface area contributed by atoms with E-state index in [2.05, 4.69) is 39.9 Å². The van der Waals surface area contributed by atoms with Gasteiger partial charge in [0.25, 0.3) is 0 Å². The van der Waals surface area contributed by atoms with Gasteiger partial charge in [-0.15, -0.1) is 11.8 Å². The molecule has 4 rings (SSSR count). The van der Waals surface area contributed by atoms with Gasteiger partial charge in [-0.25, -0.2) is 4.98 Å². The molecular weight excluding hydrogens is 354 g/mol. The van der Waals surface area contributed by atoms with E-state index in [-0.39, 0.29) is 0 Å². The third-order valence-electron chi connectivity index (χ3n) is 5.28. The van der Waals surface area contributed by atoms with Crippen LogP contribution in [-0.2, 0) is 11.3 Å². The predicted molar refractivity (Wildman–Crippen MR) is 111 cm³/mol. The Morgan fingerprint density at radius 1 is 1.04 bits per heavy atom. The van der Waals surface area contributed by atoms with Crippen LogP contribution < -0.4 is 0 Å². The fraction of sp³-hybridized carbons (Fsp3) is 0.364. The van der Waals surface area contributed by atoms with Crippen molar-refractivity contribution in [1.29, 1.82) is 0 Å². The van der Waals surface area contributed by atoms with Crippen LogP contribution in [0.5, 0.6) is 0 Å². The minimum atomic E-state index is 0.296. The number of nitrogens with zero attached hydrogens (tertiary/aromatic N) is 3. The van der Waals surface area contributed by atoms with Crippen LogP contribution in [-0.4, -0.2) is 39.2 Å². The Morgan fingerprint density at radius 2 is 1.78 bits per heavy atom. The maximum atomic E-state index is 12.5. The Morgan fingerprint density at radius 3 is 2.59 bits per heavy atom. The van der Waals surface area contributed by atoms with E-state index in [4.69, 9.17) is 0 Å². The fourth-order valence-corrected chi connectivity index (χ4v) is 4.59. The number of imidazole rings is 1. The number of thioether (sulfide) groups is 1. The first-order chi connectivity index (χ1) is 13.3. The third-order valence-corrected chi connectivity index (χ3v) is 6.29. The highest BCUT2D eigenvalue weighted by Gasteiger charge is 2.23. The van der Waals surface area contributed by atoms with Gasteiger partial charge in [0.05, 0.1) is 17.4 Å². The minimum absolute atomic E-state index is 0.296. The van der Waals surface area contributed by atoms with Gasteiger partial charge in [-0.2, -0.15) is 0 Å². The third kappa shape index (κ3) is 4.53. The first-order valence-electron chi connectivity index (χ1n) is 9.65. The quantitative estimate of drug-likeness (QED) is 0.594. The summed E-state index contributed by atoms with van der Waals surface area (Å²) >= 11 is 1.76. The number of hydrogen-bond acceptors (Lipinski definition) is 3. The van der Waals surface area contributed by atoms with E-state index in [9.17, 15) is 4.79 Å². The molecule has 0 atom stereocenters. The summed E-state index contributed by atoms with van der Waals surface area (Å²) in [6, 6.07) is 18.6. The molecule has 0 saturated carbocycles. The average Bonchev–Trinajstić information content (AvgIpc) is 3.12. The summed E-state index contributed by atoms with van der Waals surface area (Å²) in [4.78, 5) is 20.2. The molecule has 1 amide bonds. The van der Waals surface area contributed by atoms with Crippen molar-refractivity contribution in [2.24, 2.45) is 5.92 Å². The lowest BCUT2D eigenvalue weighted by molar-refractivity contribution is -0.132. The second-order valence-electron chi connectivity index (χ2n) is 7.12. The monoisotopic (exact) mass is 379 g/mol. The van der Waals surface area contributed by atoms with Crippen LogP contribution >= 0.6 is 11.8 Å². The van der Waals surface area contributed by atoms with Crippen molar-refractivity contribution >= 4 is 28.7 Å². The van der Waals surface area contributed by atoms with Crippen molar-refractivity contribution in [3.05, 3.63) is 60.9 Å². The van der Waals surface area contributed by atoms with Gasteiger partial charge in [0, 0.05) is 36.7 Å². The molecule has 1 saturated heterocycles. The van der Waals surface area contributed by atoms with Gasteiger partial charge in [0.1, 0.15) is 0 Å². The Kier molecular flexibility index (Phi) is 5.78. The topological polar surface area (TPSA) is 38.1 Å². The molecule has 0 radical (unpaired) electrons. The SMILES string of the molecule is O=C(CCSc1ccccc1)N1CCC(Cn2cnc3ccccc32)CC1. The molecule has 0 spiro atoms. The highest BCUT2D eigenvalue weighted by Crippen LogP contribution is 2.23. The molecular formula is C22H25N3OS. The van der Waals surface area contributed by atoms with Gasteiger partial charge in [0.2, 0.25) is 5.91 Å². The number of likely N-dealkylation sites (tertiary alicyclic amines) is 1. The minimum Gasteiger partial charge on any atom is -0.343 e. The van der Waals surface area contributed by atoms with Crippen molar-refractivity contribution in [3.63, 3.8) is 0 Å². The molecule has 1 aliphatic heterocycles. The molecule has 0 aliphatic carbocycles. The Labute approximate surface area is 164 Å². The molecule has 27 heavy (non-hydrogen) atoms. The molecule has 0 N–H and O–H groups in total. The molecule has 4 nitrogen and oxygen atoms in total. The van der Waals surface area contributed by atoms with Crippen LogP contribution in [0.4, 0.5) is 0 Å². The first-order valence-corrected chi connectivity index (χ1v) is 10.6. The van der Waals surface area contributed by atoms with Gasteiger partial charge in [-0.05, 0) is 43.0 Å². The lowest BCUT2D eigenvalue weighted by Gasteiger charge is -2.32. The van der Waals surface area contributed by atoms with Gasteiger partial charge in [0.15, 0.2) is 0 Å². The summed E-state index contributed by atoms with van der Waals surface area (Å²) in [5.41, 5.74) is 2.26. The van der Waals surface area contributed by atoms with Crippen molar-refractivity contribution in [3.8, 4) is 0 Å². The Hall–Kier alpha value is -2.27. The summed E-state index contributed by atoms with van der Waals surface area (Å²) in [7, 11) is 0. The zero-order valence-electron chi connectivity index (χ0n) is 15.5. The van der Waals surface area contributed by atoms with Crippen LogP contribution in [0.25, 0.3) is 11.0 Å². The number of fused-ring (bicyclic) bond motifs is 1. The lowest BCUT2D eigenvalue weighted by Crippen LogP contribution is -2.39. The average molecular weight is 380 g/mol. The number of piperidine rings is 1. The summed E-state index contributed by atoms with van der Waals surface area (Å²) in [6.07, 6.45) is 4.72. The first kappa shape index (κ1) is 18.1. The van der Waals surface area contributed by atoms with Crippen LogP contribution in [0, 0.1) is 5.92 Å². The van der Waals surface area contributed by atoms with Crippen molar-refractivity contribution in [2.75, 3.05) is 18.8 Å². The number of carbonyl (C=O) groups excluding carboxylic acids is 1. The molecule has 0 unspecified atom stereocenters. The molecule has 1 aliphatic rings. The van der Waals surface area contributed by atoms with E-state index in [0.29, 0.717) is 18.2 Å². The number of amides is 1. The van der Waals surface area contributed by atoms with E-state index in [1.54, 1.807) is 11.8 Å². The van der Waals surface area contributed by atoms with Gasteiger partial charge in [-0.1, -0.05) is 30.3 Å². The maximum Gasteiger partial charge on any atom is 0.223 e. The van der Waals surface area contributed by atoms with Gasteiger partial charge in [-0.3, -0.25) is 4.79 Å². The van der Waals surface area contributed by atoms with Crippen molar-refractivity contribution < 1.29 is 4.79 Å². The summed E-state index contributed by atoms with van der Waals surface area (Å²) in [5.74, 6) is 1.76. The lowest BCUT2D eigenvalue weighted by atomic mass is 9.96.